The van der Waals surface area contributed by atoms with Crippen LogP contribution in [0.3, 0.4) is 0 Å². The van der Waals surface area contributed by atoms with E-state index in [9.17, 15) is 14.4 Å². The van der Waals surface area contributed by atoms with Crippen molar-refractivity contribution in [1.82, 2.24) is 10.6 Å². The van der Waals surface area contributed by atoms with E-state index in [1.165, 1.54) is 0 Å². The van der Waals surface area contributed by atoms with Gasteiger partial charge in [-0.3, -0.25) is 14.4 Å². The second-order valence-electron chi connectivity index (χ2n) is 8.15. The van der Waals surface area contributed by atoms with Crippen molar-refractivity contribution in [3.63, 3.8) is 0 Å². The van der Waals surface area contributed by atoms with Gasteiger partial charge in [-0.2, -0.15) is 0 Å². The van der Waals surface area contributed by atoms with Crippen molar-refractivity contribution >= 4 is 23.4 Å². The summed E-state index contributed by atoms with van der Waals surface area (Å²) in [6, 6.07) is 5.97. The Morgan fingerprint density at radius 3 is 2.16 bits per heavy atom. The molecule has 0 saturated carbocycles. The van der Waals surface area contributed by atoms with Gasteiger partial charge in [0.1, 0.15) is 12.1 Å². The summed E-state index contributed by atoms with van der Waals surface area (Å²) in [5.41, 5.74) is 1.67. The molecule has 0 fully saturated rings. The van der Waals surface area contributed by atoms with E-state index in [2.05, 4.69) is 22.9 Å². The van der Waals surface area contributed by atoms with Crippen LogP contribution < -0.4 is 16.0 Å². The summed E-state index contributed by atoms with van der Waals surface area (Å²) < 4.78 is 5.36. The summed E-state index contributed by atoms with van der Waals surface area (Å²) in [7, 11) is 0. The molecule has 3 amide bonds. The van der Waals surface area contributed by atoms with Gasteiger partial charge in [-0.1, -0.05) is 52.2 Å². The van der Waals surface area contributed by atoms with Gasteiger partial charge in [0.05, 0.1) is 6.61 Å². The van der Waals surface area contributed by atoms with Crippen LogP contribution in [-0.4, -0.2) is 36.4 Å². The first-order valence-corrected chi connectivity index (χ1v) is 11.4. The summed E-state index contributed by atoms with van der Waals surface area (Å²) in [5, 5.41) is 8.33. The second-order valence-corrected chi connectivity index (χ2v) is 8.15. The van der Waals surface area contributed by atoms with Gasteiger partial charge in [-0.15, -0.1) is 0 Å². The normalized spacial score (nSPS) is 12.8. The van der Waals surface area contributed by atoms with Crippen LogP contribution in [0.25, 0.3) is 0 Å². The van der Waals surface area contributed by atoms with Gasteiger partial charge in [-0.05, 0) is 43.9 Å². The number of hydrogen-bond acceptors (Lipinski definition) is 4. The Hall–Kier alpha value is -2.41. The lowest BCUT2D eigenvalue weighted by Gasteiger charge is -2.24. The average Bonchev–Trinajstić information content (AvgIpc) is 2.74. The van der Waals surface area contributed by atoms with Crippen LogP contribution in [0.4, 0.5) is 5.69 Å². The van der Waals surface area contributed by atoms with Crippen molar-refractivity contribution in [3.05, 3.63) is 29.8 Å². The van der Waals surface area contributed by atoms with E-state index in [1.54, 1.807) is 19.1 Å². The van der Waals surface area contributed by atoms with Crippen LogP contribution >= 0.6 is 0 Å². The number of anilines is 1. The molecule has 0 aliphatic heterocycles. The zero-order valence-electron chi connectivity index (χ0n) is 19.6. The summed E-state index contributed by atoms with van der Waals surface area (Å²) in [5.74, 6) is -0.895. The maximum atomic E-state index is 12.7. The van der Waals surface area contributed by atoms with Crippen molar-refractivity contribution in [3.8, 4) is 0 Å². The van der Waals surface area contributed by atoms with Crippen LogP contribution in [0.15, 0.2) is 24.3 Å². The molecule has 1 aromatic carbocycles. The fourth-order valence-electron chi connectivity index (χ4n) is 3.02. The summed E-state index contributed by atoms with van der Waals surface area (Å²) in [6.45, 7) is 10.6. The number of unbranched alkanes of at least 4 members (excludes halogenated alkanes) is 3. The molecule has 2 atom stereocenters. The zero-order valence-corrected chi connectivity index (χ0v) is 19.6. The van der Waals surface area contributed by atoms with Crippen LogP contribution in [0.1, 0.15) is 72.3 Å². The van der Waals surface area contributed by atoms with Crippen LogP contribution in [0, 0.1) is 5.92 Å². The smallest absolute Gasteiger partial charge is 0.246 e. The Kier molecular flexibility index (Phi) is 12.5. The van der Waals surface area contributed by atoms with E-state index in [4.69, 9.17) is 4.74 Å². The molecule has 1 aromatic rings. The molecule has 0 aromatic heterocycles. The molecule has 0 bridgehead atoms. The number of nitrogens with one attached hydrogen (secondary N) is 3. The second kappa shape index (κ2) is 14.6. The van der Waals surface area contributed by atoms with Crippen LogP contribution in [-0.2, 0) is 25.7 Å². The number of ether oxygens (including phenoxy) is 1. The molecule has 0 aliphatic carbocycles. The van der Waals surface area contributed by atoms with Crippen molar-refractivity contribution in [2.45, 2.75) is 85.4 Å². The van der Waals surface area contributed by atoms with E-state index in [0.717, 1.165) is 31.2 Å². The number of carbonyl (C=O) groups is 3. The van der Waals surface area contributed by atoms with E-state index in [1.807, 2.05) is 32.9 Å². The molecule has 0 unspecified atom stereocenters. The minimum Gasteiger partial charge on any atom is -0.377 e. The monoisotopic (exact) mass is 433 g/mol. The Morgan fingerprint density at radius 2 is 1.58 bits per heavy atom. The molecule has 1 rings (SSSR count). The molecule has 0 spiro atoms. The lowest BCUT2D eigenvalue weighted by atomic mass is 10.0. The van der Waals surface area contributed by atoms with Gasteiger partial charge in [0.15, 0.2) is 0 Å². The van der Waals surface area contributed by atoms with Gasteiger partial charge in [-0.25, -0.2) is 0 Å². The lowest BCUT2D eigenvalue weighted by Crippen LogP contribution is -2.53. The fourth-order valence-corrected chi connectivity index (χ4v) is 3.02. The molecule has 0 aliphatic rings. The summed E-state index contributed by atoms with van der Waals surface area (Å²) in [4.78, 5) is 37.4. The number of rotatable bonds is 14. The fraction of sp³-hybridized carbons (Fsp3) is 0.625. The zero-order chi connectivity index (χ0) is 23.2. The van der Waals surface area contributed by atoms with E-state index < -0.39 is 12.1 Å². The van der Waals surface area contributed by atoms with E-state index in [0.29, 0.717) is 25.3 Å². The number of benzene rings is 1. The topological polar surface area (TPSA) is 96.5 Å². The largest absolute Gasteiger partial charge is 0.377 e. The first-order valence-electron chi connectivity index (χ1n) is 11.4. The molecule has 0 radical (unpaired) electrons. The molecular weight excluding hydrogens is 394 g/mol. The third-order valence-electron chi connectivity index (χ3n) is 4.97. The van der Waals surface area contributed by atoms with E-state index >= 15 is 0 Å². The Labute approximate surface area is 186 Å². The predicted molar refractivity (Wildman–Crippen MR) is 124 cm³/mol. The van der Waals surface area contributed by atoms with Gasteiger partial charge < -0.3 is 20.7 Å². The first-order chi connectivity index (χ1) is 14.8. The van der Waals surface area contributed by atoms with Crippen LogP contribution in [0.2, 0.25) is 0 Å². The molecule has 3 N–H and O–H groups in total. The van der Waals surface area contributed by atoms with Crippen LogP contribution in [0.5, 0.6) is 0 Å². The molecular formula is C24H39N3O4. The SMILES string of the molecule is CCCCCCC(=O)N[C@H](C(=O)N[C@@H](C)C(=O)Nc1ccc(COCC)cc1)C(C)C. The van der Waals surface area contributed by atoms with Gasteiger partial charge >= 0.3 is 0 Å². The third-order valence-corrected chi connectivity index (χ3v) is 4.97. The molecule has 0 saturated heterocycles. The average molecular weight is 434 g/mol. The number of amides is 3. The van der Waals surface area contributed by atoms with Crippen molar-refractivity contribution in [1.29, 1.82) is 0 Å². The molecule has 174 valence electrons. The summed E-state index contributed by atoms with van der Waals surface area (Å²) >= 11 is 0. The predicted octanol–water partition coefficient (Wildman–Crippen LogP) is 3.78. The van der Waals surface area contributed by atoms with E-state index in [-0.39, 0.29) is 23.6 Å². The minimum absolute atomic E-state index is 0.0901. The summed E-state index contributed by atoms with van der Waals surface area (Å²) in [6.07, 6.45) is 4.44. The maximum absolute atomic E-state index is 12.7. The number of carbonyl (C=O) groups excluding carboxylic acids is 3. The highest BCUT2D eigenvalue weighted by atomic mass is 16.5. The molecule has 7 nitrogen and oxygen atoms in total. The minimum atomic E-state index is -0.738. The van der Waals surface area contributed by atoms with Gasteiger partial charge in [0.2, 0.25) is 17.7 Å². The standard InChI is InChI=1S/C24H39N3O4/c1-6-8-9-10-11-21(28)27-22(17(3)4)24(30)25-18(5)23(29)26-20-14-12-19(13-15-20)16-31-7-2/h12-15,17-18,22H,6-11,16H2,1-5H3,(H,25,30)(H,26,29)(H,27,28)/t18-,22-/m0/s1. The molecule has 7 heteroatoms. The Bertz CT molecular complexity index is 689. The highest BCUT2D eigenvalue weighted by Crippen LogP contribution is 2.11. The Morgan fingerprint density at radius 1 is 0.903 bits per heavy atom. The third kappa shape index (κ3) is 10.4. The van der Waals surface area contributed by atoms with Gasteiger partial charge in [0.25, 0.3) is 0 Å². The maximum Gasteiger partial charge on any atom is 0.246 e. The highest BCUT2D eigenvalue weighted by molar-refractivity contribution is 5.98. The van der Waals surface area contributed by atoms with Crippen molar-refractivity contribution in [2.24, 2.45) is 5.92 Å². The Balaban J connectivity index is 2.55. The number of hydrogen-bond donors (Lipinski definition) is 3. The lowest BCUT2D eigenvalue weighted by molar-refractivity contribution is -0.131. The quantitative estimate of drug-likeness (QED) is 0.389. The van der Waals surface area contributed by atoms with Crippen molar-refractivity contribution < 1.29 is 19.1 Å². The molecule has 0 heterocycles. The first kappa shape index (κ1) is 26.6. The molecule has 31 heavy (non-hydrogen) atoms. The van der Waals surface area contributed by atoms with Gasteiger partial charge in [0, 0.05) is 18.7 Å². The van der Waals surface area contributed by atoms with Crippen molar-refractivity contribution in [2.75, 3.05) is 11.9 Å². The highest BCUT2D eigenvalue weighted by Gasteiger charge is 2.26.